The molecule has 6 nitrogen and oxygen atoms in total. The molecule has 0 spiro atoms. The summed E-state index contributed by atoms with van der Waals surface area (Å²) in [6.07, 6.45) is 9.35. The van der Waals surface area contributed by atoms with Crippen LogP contribution in [0.2, 0.25) is 0 Å². The summed E-state index contributed by atoms with van der Waals surface area (Å²) in [5.41, 5.74) is -1.25. The van der Waals surface area contributed by atoms with Gasteiger partial charge in [-0.15, -0.1) is 0 Å². The molecular formula is C24H38N2O4. The molecule has 1 aliphatic heterocycles. The van der Waals surface area contributed by atoms with Gasteiger partial charge in [-0.2, -0.15) is 0 Å². The van der Waals surface area contributed by atoms with Crippen molar-refractivity contribution in [2.24, 2.45) is 5.92 Å². The lowest BCUT2D eigenvalue weighted by Gasteiger charge is -2.36. The third kappa shape index (κ3) is 6.10. The second kappa shape index (κ2) is 9.54. The minimum Gasteiger partial charge on any atom is -0.478 e. The third-order valence-corrected chi connectivity index (χ3v) is 5.96. The Morgan fingerprint density at radius 3 is 2.60 bits per heavy atom. The molecule has 0 radical (unpaired) electrons. The zero-order chi connectivity index (χ0) is 21.8. The largest absolute Gasteiger partial charge is 0.478 e. The fourth-order valence-electron chi connectivity index (χ4n) is 4.72. The highest BCUT2D eigenvalue weighted by Gasteiger charge is 2.51. The summed E-state index contributed by atoms with van der Waals surface area (Å²) in [7, 11) is 0. The average Bonchev–Trinajstić information content (AvgIpc) is 2.91. The molecule has 1 aromatic heterocycles. The first-order valence-corrected chi connectivity index (χ1v) is 11.4. The van der Waals surface area contributed by atoms with Crippen LogP contribution >= 0.6 is 0 Å². The highest BCUT2D eigenvalue weighted by molar-refractivity contribution is 5.70. The first kappa shape index (κ1) is 22.9. The number of aromatic nitrogens is 1. The van der Waals surface area contributed by atoms with Crippen LogP contribution in [0.15, 0.2) is 24.4 Å². The molecule has 2 heterocycles. The molecule has 30 heavy (non-hydrogen) atoms. The Morgan fingerprint density at radius 2 is 1.97 bits per heavy atom. The second-order valence-electron chi connectivity index (χ2n) is 10.1. The van der Waals surface area contributed by atoms with E-state index in [1.165, 1.54) is 32.1 Å². The van der Waals surface area contributed by atoms with Gasteiger partial charge in [0.2, 0.25) is 5.88 Å². The SMILES string of the molecule is CC(C)(C)OC(=O)N1[C@@H](CC2CCCCC2)[C@H](CCOc2ccccn2)OC1(C)C. The van der Waals surface area contributed by atoms with Crippen molar-refractivity contribution in [1.29, 1.82) is 0 Å². The van der Waals surface area contributed by atoms with Crippen molar-refractivity contribution in [2.45, 2.75) is 103 Å². The molecule has 6 heteroatoms. The van der Waals surface area contributed by atoms with E-state index in [0.29, 0.717) is 24.8 Å². The van der Waals surface area contributed by atoms with Crippen molar-refractivity contribution >= 4 is 6.09 Å². The minimum absolute atomic E-state index is 0.00900. The molecule has 1 amide bonds. The molecule has 168 valence electrons. The highest BCUT2D eigenvalue weighted by atomic mass is 16.6. The summed E-state index contributed by atoms with van der Waals surface area (Å²) in [4.78, 5) is 19.2. The van der Waals surface area contributed by atoms with Crippen LogP contribution in [0.1, 0.15) is 79.6 Å². The van der Waals surface area contributed by atoms with Crippen molar-refractivity contribution in [2.75, 3.05) is 6.61 Å². The Hall–Kier alpha value is -1.82. The van der Waals surface area contributed by atoms with Crippen LogP contribution in [-0.2, 0) is 9.47 Å². The maximum Gasteiger partial charge on any atom is 0.412 e. The molecule has 0 N–H and O–H groups in total. The summed E-state index contributed by atoms with van der Waals surface area (Å²) in [6.45, 7) is 10.1. The average molecular weight is 419 g/mol. The molecule has 1 aromatic rings. The molecule has 2 fully saturated rings. The van der Waals surface area contributed by atoms with E-state index in [-0.39, 0.29) is 18.2 Å². The molecule has 2 aliphatic rings. The van der Waals surface area contributed by atoms with Gasteiger partial charge in [0.1, 0.15) is 11.3 Å². The topological polar surface area (TPSA) is 60.9 Å². The van der Waals surface area contributed by atoms with Crippen LogP contribution in [0.25, 0.3) is 0 Å². The van der Waals surface area contributed by atoms with Crippen molar-refractivity contribution in [3.05, 3.63) is 24.4 Å². The number of carbonyl (C=O) groups is 1. The minimum atomic E-state index is -0.711. The van der Waals surface area contributed by atoms with Gasteiger partial charge in [-0.3, -0.25) is 4.90 Å². The maximum atomic E-state index is 13.2. The molecular weight excluding hydrogens is 380 g/mol. The Labute approximate surface area is 181 Å². The highest BCUT2D eigenvalue weighted by Crippen LogP contribution is 2.40. The van der Waals surface area contributed by atoms with E-state index in [1.54, 1.807) is 6.20 Å². The van der Waals surface area contributed by atoms with Gasteiger partial charge in [0.15, 0.2) is 0 Å². The van der Waals surface area contributed by atoms with E-state index < -0.39 is 11.3 Å². The van der Waals surface area contributed by atoms with Crippen LogP contribution in [0.5, 0.6) is 5.88 Å². The molecule has 0 bridgehead atoms. The molecule has 1 aliphatic carbocycles. The zero-order valence-corrected chi connectivity index (χ0v) is 19.2. The normalized spacial score (nSPS) is 24.6. The second-order valence-corrected chi connectivity index (χ2v) is 10.1. The van der Waals surface area contributed by atoms with Crippen LogP contribution in [0, 0.1) is 5.92 Å². The first-order valence-electron chi connectivity index (χ1n) is 11.4. The van der Waals surface area contributed by atoms with E-state index in [4.69, 9.17) is 14.2 Å². The Morgan fingerprint density at radius 1 is 1.23 bits per heavy atom. The Kier molecular flexibility index (Phi) is 7.27. The van der Waals surface area contributed by atoms with Gasteiger partial charge >= 0.3 is 6.09 Å². The Balaban J connectivity index is 1.72. The molecule has 2 atom stereocenters. The third-order valence-electron chi connectivity index (χ3n) is 5.96. The van der Waals surface area contributed by atoms with Crippen LogP contribution in [0.3, 0.4) is 0 Å². The smallest absolute Gasteiger partial charge is 0.412 e. The summed E-state index contributed by atoms with van der Waals surface area (Å²) in [6, 6.07) is 5.62. The number of pyridine rings is 1. The van der Waals surface area contributed by atoms with Gasteiger partial charge in [0.25, 0.3) is 0 Å². The van der Waals surface area contributed by atoms with E-state index in [0.717, 1.165) is 6.42 Å². The quantitative estimate of drug-likeness (QED) is 0.605. The van der Waals surface area contributed by atoms with Gasteiger partial charge in [-0.1, -0.05) is 38.2 Å². The maximum absolute atomic E-state index is 13.2. The van der Waals surface area contributed by atoms with Crippen molar-refractivity contribution < 1.29 is 19.0 Å². The molecule has 0 unspecified atom stereocenters. The fraction of sp³-hybridized carbons (Fsp3) is 0.750. The molecule has 3 rings (SSSR count). The summed E-state index contributed by atoms with van der Waals surface area (Å²) in [5, 5.41) is 0. The lowest BCUT2D eigenvalue weighted by molar-refractivity contribution is -0.0812. The first-order chi connectivity index (χ1) is 14.2. The zero-order valence-electron chi connectivity index (χ0n) is 19.2. The van der Waals surface area contributed by atoms with E-state index in [1.807, 2.05) is 57.7 Å². The summed E-state index contributed by atoms with van der Waals surface area (Å²) in [5.74, 6) is 1.24. The number of amides is 1. The lowest BCUT2D eigenvalue weighted by atomic mass is 9.83. The number of hydrogen-bond donors (Lipinski definition) is 0. The molecule has 1 saturated heterocycles. The van der Waals surface area contributed by atoms with Crippen LogP contribution in [0.4, 0.5) is 4.79 Å². The lowest BCUT2D eigenvalue weighted by Crippen LogP contribution is -2.50. The number of rotatable bonds is 6. The monoisotopic (exact) mass is 418 g/mol. The van der Waals surface area contributed by atoms with Crippen molar-refractivity contribution in [1.82, 2.24) is 9.88 Å². The van der Waals surface area contributed by atoms with E-state index in [9.17, 15) is 4.79 Å². The summed E-state index contributed by atoms with van der Waals surface area (Å²) >= 11 is 0. The number of carbonyl (C=O) groups excluding carboxylic acids is 1. The van der Waals surface area contributed by atoms with Gasteiger partial charge < -0.3 is 14.2 Å². The number of hydrogen-bond acceptors (Lipinski definition) is 5. The Bertz CT molecular complexity index is 680. The predicted molar refractivity (Wildman–Crippen MR) is 116 cm³/mol. The predicted octanol–water partition coefficient (Wildman–Crippen LogP) is 5.56. The molecule has 0 aromatic carbocycles. The van der Waals surface area contributed by atoms with E-state index >= 15 is 0 Å². The van der Waals surface area contributed by atoms with Crippen molar-refractivity contribution in [3.8, 4) is 5.88 Å². The van der Waals surface area contributed by atoms with Gasteiger partial charge in [0.05, 0.1) is 18.8 Å². The fourth-order valence-corrected chi connectivity index (χ4v) is 4.72. The van der Waals surface area contributed by atoms with Crippen molar-refractivity contribution in [3.63, 3.8) is 0 Å². The molecule has 1 saturated carbocycles. The van der Waals surface area contributed by atoms with Gasteiger partial charge in [-0.25, -0.2) is 9.78 Å². The van der Waals surface area contributed by atoms with E-state index in [2.05, 4.69) is 4.98 Å². The summed E-state index contributed by atoms with van der Waals surface area (Å²) < 4.78 is 18.0. The number of ether oxygens (including phenoxy) is 3. The van der Waals surface area contributed by atoms with Crippen LogP contribution in [-0.4, -0.2) is 46.1 Å². The van der Waals surface area contributed by atoms with Crippen LogP contribution < -0.4 is 4.74 Å². The standard InChI is InChI=1S/C24H38N2O4/c1-23(2,3)30-22(27)26-19(17-18-11-7-6-8-12-18)20(29-24(26,4)5)14-16-28-21-13-9-10-15-25-21/h9-10,13,15,18-20H,6-8,11-12,14,16-17H2,1-5H3/t19-,20-/m0/s1. The van der Waals surface area contributed by atoms with Gasteiger partial charge in [-0.05, 0) is 53.0 Å². The van der Waals surface area contributed by atoms with Gasteiger partial charge in [0, 0.05) is 18.7 Å². The number of nitrogens with zero attached hydrogens (tertiary/aromatic N) is 2.